The van der Waals surface area contributed by atoms with Crippen LogP contribution in [-0.2, 0) is 4.79 Å². The summed E-state index contributed by atoms with van der Waals surface area (Å²) in [5.74, 6) is -0.0899. The van der Waals surface area contributed by atoms with Crippen LogP contribution in [0.4, 0.5) is 5.69 Å². The minimum atomic E-state index is -0.454. The maximum Gasteiger partial charge on any atom is 0.236 e. The maximum atomic E-state index is 11.5. The van der Waals surface area contributed by atoms with E-state index in [4.69, 9.17) is 17.3 Å². The molecule has 0 aliphatic carbocycles. The Morgan fingerprint density at radius 1 is 1.61 bits per heavy atom. The first kappa shape index (κ1) is 13.2. The molecule has 4 nitrogen and oxygen atoms in total. The molecule has 2 rings (SSSR count). The number of halogens is 1. The molecule has 0 aromatic heterocycles. The first-order valence-corrected chi connectivity index (χ1v) is 6.50. The van der Waals surface area contributed by atoms with Gasteiger partial charge in [-0.3, -0.25) is 4.79 Å². The van der Waals surface area contributed by atoms with Crippen LogP contribution in [0.1, 0.15) is 13.3 Å². The number of hydrogen-bond donors (Lipinski definition) is 2. The highest BCUT2D eigenvalue weighted by Gasteiger charge is 2.24. The number of anilines is 1. The van der Waals surface area contributed by atoms with Gasteiger partial charge >= 0.3 is 0 Å². The van der Waals surface area contributed by atoms with E-state index < -0.39 is 6.04 Å². The van der Waals surface area contributed by atoms with Crippen molar-refractivity contribution in [3.8, 4) is 0 Å². The van der Waals surface area contributed by atoms with E-state index in [0.717, 1.165) is 30.2 Å². The van der Waals surface area contributed by atoms with Crippen molar-refractivity contribution in [3.05, 3.63) is 29.3 Å². The molecule has 1 aromatic rings. The fourth-order valence-electron chi connectivity index (χ4n) is 2.12. The molecule has 1 unspecified atom stereocenters. The lowest BCUT2D eigenvalue weighted by Crippen LogP contribution is -2.44. The monoisotopic (exact) mass is 267 g/mol. The average Bonchev–Trinajstić information content (AvgIpc) is 2.77. The molecule has 98 valence electrons. The van der Waals surface area contributed by atoms with Crippen LogP contribution in [0.25, 0.3) is 0 Å². The first-order valence-electron chi connectivity index (χ1n) is 6.13. The van der Waals surface area contributed by atoms with Gasteiger partial charge in [-0.05, 0) is 31.5 Å². The van der Waals surface area contributed by atoms with E-state index in [0.29, 0.717) is 0 Å². The highest BCUT2D eigenvalue weighted by molar-refractivity contribution is 6.30. The number of amides is 1. The standard InChI is InChI=1S/C13H18ClN3O/c1-9(15)13(18)16-11-5-6-17(8-11)12-4-2-3-10(14)7-12/h2-4,7,9,11H,5-6,8,15H2,1H3,(H,16,18)/t9-,11?/m1/s1. The van der Waals surface area contributed by atoms with Gasteiger partial charge in [-0.1, -0.05) is 17.7 Å². The average molecular weight is 268 g/mol. The second-order valence-corrected chi connectivity index (χ2v) is 5.15. The van der Waals surface area contributed by atoms with Crippen LogP contribution in [0.2, 0.25) is 5.02 Å². The molecular formula is C13H18ClN3O. The maximum absolute atomic E-state index is 11.5. The number of carbonyl (C=O) groups is 1. The van der Waals surface area contributed by atoms with Crippen molar-refractivity contribution >= 4 is 23.2 Å². The predicted octanol–water partition coefficient (Wildman–Crippen LogP) is 1.38. The van der Waals surface area contributed by atoms with Crippen molar-refractivity contribution in [2.75, 3.05) is 18.0 Å². The summed E-state index contributed by atoms with van der Waals surface area (Å²) < 4.78 is 0. The Bertz CT molecular complexity index is 436. The van der Waals surface area contributed by atoms with E-state index in [1.54, 1.807) is 6.92 Å². The normalized spacial score (nSPS) is 20.8. The first-order chi connectivity index (χ1) is 8.56. The van der Waals surface area contributed by atoms with Crippen LogP contribution in [-0.4, -0.2) is 31.1 Å². The lowest BCUT2D eigenvalue weighted by Gasteiger charge is -2.19. The Morgan fingerprint density at radius 2 is 2.39 bits per heavy atom. The summed E-state index contributed by atoms with van der Waals surface area (Å²) >= 11 is 5.97. The lowest BCUT2D eigenvalue weighted by molar-refractivity contribution is -0.122. The molecule has 1 aliphatic rings. The number of hydrogen-bond acceptors (Lipinski definition) is 3. The zero-order valence-electron chi connectivity index (χ0n) is 10.4. The van der Waals surface area contributed by atoms with Crippen molar-refractivity contribution in [2.45, 2.75) is 25.4 Å². The summed E-state index contributed by atoms with van der Waals surface area (Å²) in [7, 11) is 0. The minimum absolute atomic E-state index is 0.0899. The largest absolute Gasteiger partial charge is 0.369 e. The zero-order chi connectivity index (χ0) is 13.1. The minimum Gasteiger partial charge on any atom is -0.369 e. The molecule has 18 heavy (non-hydrogen) atoms. The highest BCUT2D eigenvalue weighted by Crippen LogP contribution is 2.23. The van der Waals surface area contributed by atoms with Gasteiger partial charge < -0.3 is 16.0 Å². The van der Waals surface area contributed by atoms with E-state index in [1.807, 2.05) is 24.3 Å². The second kappa shape index (κ2) is 5.59. The zero-order valence-corrected chi connectivity index (χ0v) is 11.2. The third-order valence-electron chi connectivity index (χ3n) is 3.12. The van der Waals surface area contributed by atoms with Crippen LogP contribution in [0.5, 0.6) is 0 Å². The number of nitrogens with zero attached hydrogens (tertiary/aromatic N) is 1. The van der Waals surface area contributed by atoms with Gasteiger partial charge in [0.2, 0.25) is 5.91 Å². The summed E-state index contributed by atoms with van der Waals surface area (Å²) in [4.78, 5) is 13.7. The van der Waals surface area contributed by atoms with E-state index in [1.165, 1.54) is 0 Å². The Hall–Kier alpha value is -1.26. The summed E-state index contributed by atoms with van der Waals surface area (Å²) in [6.45, 7) is 3.42. The van der Waals surface area contributed by atoms with Crippen LogP contribution in [0.3, 0.4) is 0 Å². The Morgan fingerprint density at radius 3 is 3.06 bits per heavy atom. The van der Waals surface area contributed by atoms with Crippen molar-refractivity contribution in [3.63, 3.8) is 0 Å². The summed E-state index contributed by atoms with van der Waals surface area (Å²) in [5.41, 5.74) is 6.63. The van der Waals surface area contributed by atoms with Gasteiger partial charge in [-0.2, -0.15) is 0 Å². The quantitative estimate of drug-likeness (QED) is 0.870. The number of nitrogens with two attached hydrogens (primary N) is 1. The molecule has 5 heteroatoms. The third-order valence-corrected chi connectivity index (χ3v) is 3.36. The van der Waals surface area contributed by atoms with E-state index >= 15 is 0 Å². The lowest BCUT2D eigenvalue weighted by atomic mass is 10.2. The number of benzene rings is 1. The van der Waals surface area contributed by atoms with Crippen molar-refractivity contribution in [1.29, 1.82) is 0 Å². The number of nitrogens with one attached hydrogen (secondary N) is 1. The van der Waals surface area contributed by atoms with Gasteiger partial charge in [-0.25, -0.2) is 0 Å². The summed E-state index contributed by atoms with van der Waals surface area (Å²) in [5, 5.41) is 3.69. The fraction of sp³-hybridized carbons (Fsp3) is 0.462. The molecule has 1 aliphatic heterocycles. The van der Waals surface area contributed by atoms with E-state index in [9.17, 15) is 4.79 Å². The third kappa shape index (κ3) is 3.15. The molecule has 1 aromatic carbocycles. The van der Waals surface area contributed by atoms with Gasteiger partial charge in [-0.15, -0.1) is 0 Å². The molecule has 0 saturated carbocycles. The second-order valence-electron chi connectivity index (χ2n) is 4.71. The molecule has 3 N–H and O–H groups in total. The van der Waals surface area contributed by atoms with Crippen LogP contribution in [0, 0.1) is 0 Å². The fourth-order valence-corrected chi connectivity index (χ4v) is 2.30. The van der Waals surface area contributed by atoms with Crippen LogP contribution < -0.4 is 16.0 Å². The highest BCUT2D eigenvalue weighted by atomic mass is 35.5. The summed E-state index contributed by atoms with van der Waals surface area (Å²) in [6.07, 6.45) is 0.935. The molecule has 1 amide bonds. The van der Waals surface area contributed by atoms with Crippen molar-refractivity contribution in [2.24, 2.45) is 5.73 Å². The van der Waals surface area contributed by atoms with Crippen LogP contribution in [0.15, 0.2) is 24.3 Å². The molecule has 1 heterocycles. The molecule has 1 fully saturated rings. The van der Waals surface area contributed by atoms with Gasteiger partial charge in [0.1, 0.15) is 0 Å². The van der Waals surface area contributed by atoms with Gasteiger partial charge in [0.25, 0.3) is 0 Å². The van der Waals surface area contributed by atoms with E-state index in [-0.39, 0.29) is 11.9 Å². The molecule has 0 spiro atoms. The van der Waals surface area contributed by atoms with Gasteiger partial charge in [0.15, 0.2) is 0 Å². The molecular weight excluding hydrogens is 250 g/mol. The molecule has 1 saturated heterocycles. The number of carbonyl (C=O) groups excluding carboxylic acids is 1. The van der Waals surface area contributed by atoms with Gasteiger partial charge in [0, 0.05) is 29.8 Å². The van der Waals surface area contributed by atoms with Crippen molar-refractivity contribution in [1.82, 2.24) is 5.32 Å². The Balaban J connectivity index is 1.94. The topological polar surface area (TPSA) is 58.4 Å². The SMILES string of the molecule is C[C@@H](N)C(=O)NC1CCN(c2cccc(Cl)c2)C1. The Labute approximate surface area is 112 Å². The molecule has 2 atom stereocenters. The molecule has 0 bridgehead atoms. The van der Waals surface area contributed by atoms with Crippen LogP contribution >= 0.6 is 11.6 Å². The van der Waals surface area contributed by atoms with E-state index in [2.05, 4.69) is 10.2 Å². The Kier molecular flexibility index (Phi) is 4.09. The molecule has 0 radical (unpaired) electrons. The number of rotatable bonds is 3. The smallest absolute Gasteiger partial charge is 0.236 e. The van der Waals surface area contributed by atoms with Gasteiger partial charge in [0.05, 0.1) is 6.04 Å². The van der Waals surface area contributed by atoms with Crippen molar-refractivity contribution < 1.29 is 4.79 Å². The predicted molar refractivity (Wildman–Crippen MR) is 73.9 cm³/mol. The summed E-state index contributed by atoms with van der Waals surface area (Å²) in [6, 6.07) is 7.48.